The summed E-state index contributed by atoms with van der Waals surface area (Å²) in [7, 11) is 1.60. The standard InChI is InChI=1S/C26H33F3N2O3/c1-18(2)14-31-15-19(17-34-23-9-6-8-22(12-23)26(27,28)29)11-21(16-31)25(32)30-13-20-7-4-5-10-24(20)33-3/h4-10,12,18-19,21H,11,13-17H2,1-3H3,(H,30,32)/t19-,21+/m0/s1. The highest BCUT2D eigenvalue weighted by Gasteiger charge is 2.33. The number of methoxy groups -OCH3 is 1. The molecular weight excluding hydrogens is 445 g/mol. The predicted octanol–water partition coefficient (Wildman–Crippen LogP) is 5.00. The molecule has 0 unspecified atom stereocenters. The van der Waals surface area contributed by atoms with Crippen LogP contribution >= 0.6 is 0 Å². The molecule has 1 aliphatic rings. The molecular formula is C26H33F3N2O3. The molecule has 0 aliphatic carbocycles. The van der Waals surface area contributed by atoms with Crippen molar-refractivity contribution in [2.24, 2.45) is 17.8 Å². The minimum absolute atomic E-state index is 0.0315. The second-order valence-electron chi connectivity index (χ2n) is 9.28. The number of nitrogens with one attached hydrogen (secondary N) is 1. The maximum atomic E-state index is 13.0. The second kappa shape index (κ2) is 11.6. The van der Waals surface area contributed by atoms with Gasteiger partial charge in [-0.15, -0.1) is 0 Å². The van der Waals surface area contributed by atoms with Crippen molar-refractivity contribution in [1.29, 1.82) is 0 Å². The number of benzene rings is 2. The first-order valence-electron chi connectivity index (χ1n) is 11.6. The van der Waals surface area contributed by atoms with Gasteiger partial charge in [-0.1, -0.05) is 38.1 Å². The van der Waals surface area contributed by atoms with E-state index in [4.69, 9.17) is 9.47 Å². The molecule has 0 aromatic heterocycles. The van der Waals surface area contributed by atoms with Gasteiger partial charge >= 0.3 is 6.18 Å². The van der Waals surface area contributed by atoms with Crippen molar-refractivity contribution < 1.29 is 27.4 Å². The van der Waals surface area contributed by atoms with Crippen molar-refractivity contribution in [2.75, 3.05) is 33.4 Å². The number of rotatable bonds is 9. The third kappa shape index (κ3) is 7.38. The Hall–Kier alpha value is -2.74. The van der Waals surface area contributed by atoms with Crippen molar-refractivity contribution in [3.05, 3.63) is 59.7 Å². The van der Waals surface area contributed by atoms with Crippen LogP contribution in [0.4, 0.5) is 13.2 Å². The Balaban J connectivity index is 1.63. The molecule has 1 fully saturated rings. The molecule has 1 amide bonds. The van der Waals surface area contributed by atoms with Gasteiger partial charge in [-0.05, 0) is 36.6 Å². The topological polar surface area (TPSA) is 50.8 Å². The summed E-state index contributed by atoms with van der Waals surface area (Å²) in [5.74, 6) is 1.11. The van der Waals surface area contributed by atoms with E-state index in [1.165, 1.54) is 12.1 Å². The smallest absolute Gasteiger partial charge is 0.416 e. The van der Waals surface area contributed by atoms with Gasteiger partial charge in [0.1, 0.15) is 11.5 Å². The average molecular weight is 479 g/mol. The molecule has 0 saturated carbocycles. The van der Waals surface area contributed by atoms with E-state index < -0.39 is 11.7 Å². The van der Waals surface area contributed by atoms with Gasteiger partial charge in [-0.25, -0.2) is 0 Å². The molecule has 1 N–H and O–H groups in total. The number of carbonyl (C=O) groups is 1. The Morgan fingerprint density at radius 1 is 1.15 bits per heavy atom. The van der Waals surface area contributed by atoms with E-state index in [0.29, 0.717) is 25.4 Å². The van der Waals surface area contributed by atoms with Gasteiger partial charge in [-0.3, -0.25) is 4.79 Å². The number of hydrogen-bond donors (Lipinski definition) is 1. The number of ether oxygens (including phenoxy) is 2. The van der Waals surface area contributed by atoms with E-state index >= 15 is 0 Å². The third-order valence-corrected chi connectivity index (χ3v) is 5.90. The number of hydrogen-bond acceptors (Lipinski definition) is 4. The molecule has 1 aliphatic heterocycles. The molecule has 34 heavy (non-hydrogen) atoms. The number of likely N-dealkylation sites (tertiary alicyclic amines) is 1. The molecule has 186 valence electrons. The minimum atomic E-state index is -4.41. The summed E-state index contributed by atoms with van der Waals surface area (Å²) in [4.78, 5) is 15.3. The molecule has 5 nitrogen and oxygen atoms in total. The van der Waals surface area contributed by atoms with Gasteiger partial charge in [0.15, 0.2) is 0 Å². The molecule has 0 radical (unpaired) electrons. The van der Waals surface area contributed by atoms with Crippen LogP contribution in [-0.4, -0.2) is 44.2 Å². The molecule has 2 atom stereocenters. The van der Waals surface area contributed by atoms with Gasteiger partial charge in [-0.2, -0.15) is 13.2 Å². The number of halogens is 3. The van der Waals surface area contributed by atoms with Crippen molar-refractivity contribution in [3.63, 3.8) is 0 Å². The van der Waals surface area contributed by atoms with E-state index in [2.05, 4.69) is 24.1 Å². The van der Waals surface area contributed by atoms with E-state index in [1.807, 2.05) is 24.3 Å². The largest absolute Gasteiger partial charge is 0.496 e. The fraction of sp³-hybridized carbons (Fsp3) is 0.500. The zero-order chi connectivity index (χ0) is 24.7. The molecule has 3 rings (SSSR count). The summed E-state index contributed by atoms with van der Waals surface area (Å²) in [6, 6.07) is 12.5. The lowest BCUT2D eigenvalue weighted by atomic mass is 9.88. The lowest BCUT2D eigenvalue weighted by molar-refractivity contribution is -0.137. The van der Waals surface area contributed by atoms with Crippen molar-refractivity contribution in [1.82, 2.24) is 10.2 Å². The van der Waals surface area contributed by atoms with E-state index in [1.54, 1.807) is 7.11 Å². The summed E-state index contributed by atoms with van der Waals surface area (Å²) in [6.07, 6.45) is -3.80. The van der Waals surface area contributed by atoms with E-state index in [-0.39, 0.29) is 30.1 Å². The third-order valence-electron chi connectivity index (χ3n) is 5.90. The lowest BCUT2D eigenvalue weighted by Gasteiger charge is -2.38. The monoisotopic (exact) mass is 478 g/mol. The molecule has 1 saturated heterocycles. The van der Waals surface area contributed by atoms with Crippen LogP contribution in [0, 0.1) is 17.8 Å². The van der Waals surface area contributed by atoms with Crippen LogP contribution < -0.4 is 14.8 Å². The fourth-order valence-corrected chi connectivity index (χ4v) is 4.43. The molecule has 8 heteroatoms. The highest BCUT2D eigenvalue weighted by atomic mass is 19.4. The van der Waals surface area contributed by atoms with Crippen LogP contribution in [0.15, 0.2) is 48.5 Å². The average Bonchev–Trinajstić information content (AvgIpc) is 2.80. The number of carbonyl (C=O) groups excluding carboxylic acids is 1. The Morgan fingerprint density at radius 3 is 2.62 bits per heavy atom. The Kier molecular flexibility index (Phi) is 8.83. The number of nitrogens with zero attached hydrogens (tertiary/aromatic N) is 1. The van der Waals surface area contributed by atoms with Gasteiger partial charge in [0.05, 0.1) is 25.2 Å². The Bertz CT molecular complexity index is 949. The Morgan fingerprint density at radius 2 is 1.91 bits per heavy atom. The number of piperidine rings is 1. The van der Waals surface area contributed by atoms with Crippen LogP contribution in [0.25, 0.3) is 0 Å². The minimum Gasteiger partial charge on any atom is -0.496 e. The van der Waals surface area contributed by atoms with Gasteiger partial charge in [0.25, 0.3) is 0 Å². The Labute approximate surface area is 199 Å². The maximum Gasteiger partial charge on any atom is 0.416 e. The molecule has 2 aromatic carbocycles. The first kappa shape index (κ1) is 25.9. The number of alkyl halides is 3. The van der Waals surface area contributed by atoms with Crippen LogP contribution in [0.3, 0.4) is 0 Å². The highest BCUT2D eigenvalue weighted by Crippen LogP contribution is 2.32. The predicted molar refractivity (Wildman–Crippen MR) is 125 cm³/mol. The highest BCUT2D eigenvalue weighted by molar-refractivity contribution is 5.79. The van der Waals surface area contributed by atoms with Crippen LogP contribution in [0.1, 0.15) is 31.4 Å². The quantitative estimate of drug-likeness (QED) is 0.551. The fourth-order valence-electron chi connectivity index (χ4n) is 4.43. The van der Waals surface area contributed by atoms with E-state index in [9.17, 15) is 18.0 Å². The van der Waals surface area contributed by atoms with Crippen molar-refractivity contribution in [2.45, 2.75) is 33.0 Å². The number of para-hydroxylation sites is 1. The summed E-state index contributed by atoms with van der Waals surface area (Å²) in [6.45, 7) is 7.11. The van der Waals surface area contributed by atoms with Gasteiger partial charge < -0.3 is 19.7 Å². The summed E-state index contributed by atoms with van der Waals surface area (Å²) in [5.41, 5.74) is 0.168. The first-order chi connectivity index (χ1) is 16.2. The van der Waals surface area contributed by atoms with Crippen molar-refractivity contribution in [3.8, 4) is 11.5 Å². The molecule has 0 spiro atoms. The van der Waals surface area contributed by atoms with Crippen molar-refractivity contribution >= 4 is 5.91 Å². The molecule has 2 aromatic rings. The lowest BCUT2D eigenvalue weighted by Crippen LogP contribution is -2.48. The SMILES string of the molecule is COc1ccccc1CNC(=O)[C@@H]1C[C@H](COc2cccc(C(F)(F)F)c2)CN(CC(C)C)C1. The number of amides is 1. The summed E-state index contributed by atoms with van der Waals surface area (Å²) >= 11 is 0. The molecule has 0 bridgehead atoms. The second-order valence-corrected chi connectivity index (χ2v) is 9.28. The van der Waals surface area contributed by atoms with Crippen LogP contribution in [0.5, 0.6) is 11.5 Å². The normalized spacial score (nSPS) is 19.1. The zero-order valence-corrected chi connectivity index (χ0v) is 19.9. The van der Waals surface area contributed by atoms with Gasteiger partial charge in [0.2, 0.25) is 5.91 Å². The summed E-state index contributed by atoms with van der Waals surface area (Å²) < 4.78 is 50.1. The van der Waals surface area contributed by atoms with Crippen LogP contribution in [-0.2, 0) is 17.5 Å². The first-order valence-corrected chi connectivity index (χ1v) is 11.6. The molecule has 1 heterocycles. The summed E-state index contributed by atoms with van der Waals surface area (Å²) in [5, 5.41) is 3.02. The zero-order valence-electron chi connectivity index (χ0n) is 19.9. The van der Waals surface area contributed by atoms with E-state index in [0.717, 1.165) is 36.5 Å². The maximum absolute atomic E-state index is 13.0. The van der Waals surface area contributed by atoms with Gasteiger partial charge in [0, 0.05) is 37.7 Å². The van der Waals surface area contributed by atoms with Crippen LogP contribution in [0.2, 0.25) is 0 Å².